The first-order valence-corrected chi connectivity index (χ1v) is 7.71. The van der Waals surface area contributed by atoms with Crippen LogP contribution in [0, 0.1) is 29.1 Å². The number of benzene rings is 1. The third kappa shape index (κ3) is 4.25. The van der Waals surface area contributed by atoms with Crippen molar-refractivity contribution in [2.45, 2.75) is 42.2 Å². The van der Waals surface area contributed by atoms with Gasteiger partial charge < -0.3 is 0 Å². The van der Waals surface area contributed by atoms with E-state index in [1.807, 2.05) is 0 Å². The molecule has 0 nitrogen and oxygen atoms in total. The van der Waals surface area contributed by atoms with Gasteiger partial charge in [0.25, 0.3) is 6.43 Å². The molecule has 0 bridgehead atoms. The molecule has 0 unspecified atom stereocenters. The lowest BCUT2D eigenvalue weighted by Crippen LogP contribution is -2.70. The van der Waals surface area contributed by atoms with Crippen molar-refractivity contribution in [1.29, 1.82) is 0 Å². The van der Waals surface area contributed by atoms with Crippen molar-refractivity contribution in [3.8, 4) is 0 Å². The molecule has 0 aliphatic rings. The van der Waals surface area contributed by atoms with Crippen molar-refractivity contribution < 1.29 is 87.8 Å². The molecule has 0 fully saturated rings. The van der Waals surface area contributed by atoms with Gasteiger partial charge in [-0.1, -0.05) is 0 Å². The molecule has 1 rings (SSSR count). The van der Waals surface area contributed by atoms with Crippen LogP contribution in [0.3, 0.4) is 0 Å². The number of allylic oxidation sites excluding steroid dienone is 2. The van der Waals surface area contributed by atoms with Crippen LogP contribution in [0.2, 0.25) is 0 Å². The molecule has 0 aliphatic carbocycles. The van der Waals surface area contributed by atoms with Gasteiger partial charge in [-0.25, -0.2) is 30.7 Å². The molecule has 1 aromatic carbocycles. The summed E-state index contributed by atoms with van der Waals surface area (Å²) in [6, 6.07) is 0. The topological polar surface area (TPSA) is 0 Å². The van der Waals surface area contributed by atoms with Crippen molar-refractivity contribution in [3.63, 3.8) is 0 Å². The number of hydrogen-bond donors (Lipinski definition) is 0. The Labute approximate surface area is 177 Å². The van der Waals surface area contributed by atoms with Crippen molar-refractivity contribution in [2.75, 3.05) is 0 Å². The lowest BCUT2D eigenvalue weighted by Gasteiger charge is -2.40. The van der Waals surface area contributed by atoms with Crippen LogP contribution in [-0.2, 0) is 0 Å². The van der Waals surface area contributed by atoms with Crippen molar-refractivity contribution in [2.24, 2.45) is 0 Å². The smallest absolute Gasteiger partial charge is 0.206 e. The molecule has 35 heavy (non-hydrogen) atoms. The van der Waals surface area contributed by atoms with Crippen LogP contribution < -0.4 is 0 Å². The lowest BCUT2D eigenvalue weighted by molar-refractivity contribution is -0.435. The number of alkyl halides is 15. The average Bonchev–Trinajstić information content (AvgIpc) is 2.68. The molecular formula is C15H2F20. The molecule has 0 N–H and O–H groups in total. The number of rotatable bonds is 7. The first-order chi connectivity index (χ1) is 15.2. The van der Waals surface area contributed by atoms with Crippen LogP contribution in [0.25, 0.3) is 5.57 Å². The van der Waals surface area contributed by atoms with Crippen LogP contribution in [0.15, 0.2) is 6.08 Å². The molecule has 1 aromatic rings. The molecule has 0 amide bonds. The average molecular weight is 562 g/mol. The van der Waals surface area contributed by atoms with Crippen LogP contribution in [0.5, 0.6) is 0 Å². The maximum Gasteiger partial charge on any atom is 0.460 e. The SMILES string of the molecule is Fc1c(F)c(F)c(/C(=C\C(F)F)C(F)(F)C(F)(F)C(F)(F)C(F)(F)C(F)(F)C(F)(F)F)c(F)c1F. The summed E-state index contributed by atoms with van der Waals surface area (Å²) in [6.07, 6.45) is -14.5. The molecular weight excluding hydrogens is 560 g/mol. The van der Waals surface area contributed by atoms with E-state index in [2.05, 4.69) is 0 Å². The summed E-state index contributed by atoms with van der Waals surface area (Å²) in [5, 5.41) is 0. The molecule has 202 valence electrons. The van der Waals surface area contributed by atoms with E-state index in [-0.39, 0.29) is 0 Å². The van der Waals surface area contributed by atoms with Gasteiger partial charge in [-0.15, -0.1) is 0 Å². The summed E-state index contributed by atoms with van der Waals surface area (Å²) in [5.41, 5.74) is -7.58. The Morgan fingerprint density at radius 2 is 0.800 bits per heavy atom. The Morgan fingerprint density at radius 3 is 1.11 bits per heavy atom. The van der Waals surface area contributed by atoms with Crippen molar-refractivity contribution >= 4 is 5.57 Å². The highest BCUT2D eigenvalue weighted by Crippen LogP contribution is 2.62. The Bertz CT molecular complexity index is 968. The highest BCUT2D eigenvalue weighted by molar-refractivity contribution is 5.73. The van der Waals surface area contributed by atoms with Gasteiger partial charge in [-0.2, -0.15) is 57.1 Å². The summed E-state index contributed by atoms with van der Waals surface area (Å²) in [6.45, 7) is 0. The first kappa shape index (κ1) is 30.6. The van der Waals surface area contributed by atoms with Gasteiger partial charge in [0.05, 0.1) is 5.56 Å². The zero-order valence-corrected chi connectivity index (χ0v) is 15.2. The maximum atomic E-state index is 14.2. The normalized spacial score (nSPS) is 15.3. The van der Waals surface area contributed by atoms with Crippen LogP contribution >= 0.6 is 0 Å². The van der Waals surface area contributed by atoms with Crippen LogP contribution in [0.4, 0.5) is 87.8 Å². The lowest BCUT2D eigenvalue weighted by atomic mass is 9.87. The molecule has 0 spiro atoms. The third-order valence-electron chi connectivity index (χ3n) is 4.04. The summed E-state index contributed by atoms with van der Waals surface area (Å²) >= 11 is 0. The zero-order chi connectivity index (χ0) is 28.3. The molecule has 20 heteroatoms. The second kappa shape index (κ2) is 8.59. The fourth-order valence-corrected chi connectivity index (χ4v) is 2.25. The fraction of sp³-hybridized carbons (Fsp3) is 0.467. The van der Waals surface area contributed by atoms with Crippen molar-refractivity contribution in [1.82, 2.24) is 0 Å². The highest BCUT2D eigenvalue weighted by Gasteiger charge is 2.91. The Hall–Kier alpha value is -2.44. The van der Waals surface area contributed by atoms with Crippen molar-refractivity contribution in [3.05, 3.63) is 40.7 Å². The first-order valence-electron chi connectivity index (χ1n) is 7.71. The van der Waals surface area contributed by atoms with E-state index in [4.69, 9.17) is 0 Å². The number of halogens is 20. The number of hydrogen-bond acceptors (Lipinski definition) is 0. The summed E-state index contributed by atoms with van der Waals surface area (Å²) in [4.78, 5) is 0. The summed E-state index contributed by atoms with van der Waals surface area (Å²) in [7, 11) is 0. The zero-order valence-electron chi connectivity index (χ0n) is 15.2. The van der Waals surface area contributed by atoms with E-state index in [9.17, 15) is 87.8 Å². The minimum absolute atomic E-state index is 1.91. The summed E-state index contributed by atoms with van der Waals surface area (Å²) in [5.74, 6) is -58.8. The van der Waals surface area contributed by atoms with E-state index in [0.717, 1.165) is 0 Å². The molecule has 0 saturated carbocycles. The largest absolute Gasteiger partial charge is 0.460 e. The quantitative estimate of drug-likeness (QED) is 0.181. The van der Waals surface area contributed by atoms with Gasteiger partial charge in [-0.05, 0) is 6.08 Å². The van der Waals surface area contributed by atoms with Crippen LogP contribution in [0.1, 0.15) is 5.56 Å². The molecule has 0 aromatic heterocycles. The van der Waals surface area contributed by atoms with Gasteiger partial charge in [0.15, 0.2) is 23.3 Å². The molecule has 0 saturated heterocycles. The van der Waals surface area contributed by atoms with E-state index in [1.165, 1.54) is 0 Å². The fourth-order valence-electron chi connectivity index (χ4n) is 2.25. The highest BCUT2D eigenvalue weighted by atomic mass is 19.4. The monoisotopic (exact) mass is 562 g/mol. The second-order valence-corrected chi connectivity index (χ2v) is 6.23. The predicted molar refractivity (Wildman–Crippen MR) is 71.0 cm³/mol. The molecule has 0 radical (unpaired) electrons. The maximum absolute atomic E-state index is 14.2. The van der Waals surface area contributed by atoms with Gasteiger partial charge in [-0.3, -0.25) is 0 Å². The molecule has 0 aliphatic heterocycles. The van der Waals surface area contributed by atoms with E-state index < -0.39 is 88.5 Å². The Kier molecular flexibility index (Phi) is 7.51. The molecule has 0 heterocycles. The predicted octanol–water partition coefficient (Wildman–Crippen LogP) is 7.77. The van der Waals surface area contributed by atoms with Crippen LogP contribution in [-0.4, -0.2) is 42.2 Å². The second-order valence-electron chi connectivity index (χ2n) is 6.23. The van der Waals surface area contributed by atoms with Gasteiger partial charge in [0.2, 0.25) is 5.82 Å². The van der Waals surface area contributed by atoms with E-state index in [0.29, 0.717) is 0 Å². The minimum Gasteiger partial charge on any atom is -0.206 e. The Morgan fingerprint density at radius 1 is 0.486 bits per heavy atom. The minimum atomic E-state index is -8.59. The van der Waals surface area contributed by atoms with Gasteiger partial charge in [0.1, 0.15) is 0 Å². The Balaban J connectivity index is 4.06. The van der Waals surface area contributed by atoms with E-state index in [1.54, 1.807) is 0 Å². The van der Waals surface area contributed by atoms with E-state index >= 15 is 0 Å². The van der Waals surface area contributed by atoms with Gasteiger partial charge >= 0.3 is 35.8 Å². The standard InChI is InChI=1S/C15H2F20/c16-3(17)1-2(4-5(18)7(20)9(22)8(21)6(4)19)10(23,24)11(25,26)12(27,28)13(29,30)14(31,32)15(33,34)35/h1,3H/b2-1+. The third-order valence-corrected chi connectivity index (χ3v) is 4.04. The molecule has 0 atom stereocenters. The van der Waals surface area contributed by atoms with Gasteiger partial charge in [0, 0.05) is 5.57 Å². The summed E-state index contributed by atoms with van der Waals surface area (Å²) < 4.78 is 263.